The lowest BCUT2D eigenvalue weighted by Gasteiger charge is -2.01. The first kappa shape index (κ1) is 14.7. The molecule has 0 aliphatic heterocycles. The van der Waals surface area contributed by atoms with E-state index in [1.807, 2.05) is 61.5 Å². The van der Waals surface area contributed by atoms with Gasteiger partial charge in [0.1, 0.15) is 5.76 Å². The molecule has 2 aromatic carbocycles. The average Bonchev–Trinajstić information content (AvgIpc) is 2.57. The number of benzene rings is 2. The Labute approximate surface area is 133 Å². The zero-order chi connectivity index (χ0) is 16.1. The monoisotopic (exact) mass is 305 g/mol. The van der Waals surface area contributed by atoms with Crippen LogP contribution in [-0.2, 0) is 0 Å². The zero-order valence-corrected chi connectivity index (χ0v) is 12.6. The van der Waals surface area contributed by atoms with E-state index in [-0.39, 0.29) is 6.01 Å². The fourth-order valence-corrected chi connectivity index (χ4v) is 2.00. The Bertz CT molecular complexity index is 869. The first-order valence-electron chi connectivity index (χ1n) is 7.14. The molecule has 23 heavy (non-hydrogen) atoms. The average molecular weight is 305 g/mol. The standard InChI is InChI=1S/C18H15N3O2/c1-13-7-9-15(10-8-13)19-12-20-18-21-17(22)11-16(23-18)14-5-3-2-4-6-14/h2-12H,1H3,(H,19,20,21,22). The molecule has 0 aliphatic rings. The van der Waals surface area contributed by atoms with Crippen molar-refractivity contribution in [3.63, 3.8) is 0 Å². The van der Waals surface area contributed by atoms with E-state index in [9.17, 15) is 4.79 Å². The van der Waals surface area contributed by atoms with E-state index in [2.05, 4.69) is 15.3 Å². The molecule has 0 saturated heterocycles. The molecule has 114 valence electrons. The van der Waals surface area contributed by atoms with E-state index in [1.165, 1.54) is 18.0 Å². The van der Waals surface area contributed by atoms with E-state index in [4.69, 9.17) is 4.42 Å². The summed E-state index contributed by atoms with van der Waals surface area (Å²) in [5, 5.41) is 3.01. The topological polar surface area (TPSA) is 67.5 Å². The minimum atomic E-state index is -0.391. The molecule has 0 amide bonds. The van der Waals surface area contributed by atoms with Crippen molar-refractivity contribution in [2.75, 3.05) is 5.32 Å². The lowest BCUT2D eigenvalue weighted by molar-refractivity contribution is 0.553. The zero-order valence-electron chi connectivity index (χ0n) is 12.6. The Morgan fingerprint density at radius 1 is 1.09 bits per heavy atom. The summed E-state index contributed by atoms with van der Waals surface area (Å²) in [6.45, 7) is 2.02. The molecule has 1 aromatic heterocycles. The van der Waals surface area contributed by atoms with Crippen LogP contribution in [0.4, 0.5) is 11.7 Å². The van der Waals surface area contributed by atoms with E-state index in [1.54, 1.807) is 0 Å². The van der Waals surface area contributed by atoms with Crippen LogP contribution in [0, 0.1) is 6.92 Å². The van der Waals surface area contributed by atoms with Gasteiger partial charge < -0.3 is 9.73 Å². The molecule has 0 aliphatic carbocycles. The molecule has 0 spiro atoms. The highest BCUT2D eigenvalue weighted by Gasteiger charge is 2.04. The number of nitrogens with zero attached hydrogens (tertiary/aromatic N) is 2. The highest BCUT2D eigenvalue weighted by Crippen LogP contribution is 2.20. The lowest BCUT2D eigenvalue weighted by Crippen LogP contribution is -2.04. The van der Waals surface area contributed by atoms with Gasteiger partial charge in [-0.15, -0.1) is 0 Å². The number of aromatic nitrogens is 1. The molecule has 0 atom stereocenters. The van der Waals surface area contributed by atoms with Crippen molar-refractivity contribution >= 4 is 18.0 Å². The summed E-state index contributed by atoms with van der Waals surface area (Å²) in [5.74, 6) is 0.438. The summed E-state index contributed by atoms with van der Waals surface area (Å²) < 4.78 is 5.55. The predicted molar refractivity (Wildman–Crippen MR) is 91.2 cm³/mol. The number of aliphatic imine (C=N–C) groups is 1. The van der Waals surface area contributed by atoms with Crippen LogP contribution >= 0.6 is 0 Å². The predicted octanol–water partition coefficient (Wildman–Crippen LogP) is 3.78. The van der Waals surface area contributed by atoms with Gasteiger partial charge in [0, 0.05) is 17.3 Å². The van der Waals surface area contributed by atoms with Gasteiger partial charge in [0.2, 0.25) is 0 Å². The Morgan fingerprint density at radius 2 is 1.83 bits per heavy atom. The van der Waals surface area contributed by atoms with E-state index < -0.39 is 5.56 Å². The SMILES string of the molecule is Cc1ccc(N/C=N/c2nc(=O)cc(-c3ccccc3)o2)cc1. The van der Waals surface area contributed by atoms with Gasteiger partial charge in [0.15, 0.2) is 0 Å². The van der Waals surface area contributed by atoms with Gasteiger partial charge >= 0.3 is 6.01 Å². The van der Waals surface area contributed by atoms with Crippen molar-refractivity contribution in [3.8, 4) is 11.3 Å². The first-order valence-corrected chi connectivity index (χ1v) is 7.14. The Balaban J connectivity index is 1.80. The van der Waals surface area contributed by atoms with Gasteiger partial charge in [0.25, 0.3) is 5.56 Å². The largest absolute Gasteiger partial charge is 0.423 e. The Morgan fingerprint density at radius 3 is 2.57 bits per heavy atom. The second-order valence-electron chi connectivity index (χ2n) is 4.98. The molecule has 0 unspecified atom stereocenters. The van der Waals surface area contributed by atoms with Crippen LogP contribution in [0.3, 0.4) is 0 Å². The van der Waals surface area contributed by atoms with Crippen LogP contribution in [0.1, 0.15) is 5.56 Å². The lowest BCUT2D eigenvalue weighted by atomic mass is 10.2. The smallest absolute Gasteiger partial charge is 0.326 e. The van der Waals surface area contributed by atoms with Gasteiger partial charge in [-0.2, -0.15) is 9.98 Å². The summed E-state index contributed by atoms with van der Waals surface area (Å²) in [5.41, 5.74) is 2.48. The highest BCUT2D eigenvalue weighted by molar-refractivity contribution is 5.76. The molecule has 0 radical (unpaired) electrons. The molecule has 0 bridgehead atoms. The summed E-state index contributed by atoms with van der Waals surface area (Å²) in [6, 6.07) is 18.6. The molecule has 1 heterocycles. The second-order valence-corrected chi connectivity index (χ2v) is 4.98. The van der Waals surface area contributed by atoms with Crippen LogP contribution < -0.4 is 10.9 Å². The van der Waals surface area contributed by atoms with E-state index >= 15 is 0 Å². The van der Waals surface area contributed by atoms with Crippen molar-refractivity contribution < 1.29 is 4.42 Å². The number of rotatable bonds is 4. The maximum absolute atomic E-state index is 11.7. The van der Waals surface area contributed by atoms with Gasteiger partial charge in [-0.05, 0) is 19.1 Å². The minimum Gasteiger partial charge on any atom is -0.423 e. The first-order chi connectivity index (χ1) is 11.2. The van der Waals surface area contributed by atoms with Crippen LogP contribution in [0.25, 0.3) is 11.3 Å². The molecule has 3 aromatic rings. The number of aryl methyl sites for hydroxylation is 1. The number of hydrogen-bond donors (Lipinski definition) is 1. The minimum absolute atomic E-state index is 0.0102. The fraction of sp³-hybridized carbons (Fsp3) is 0.0556. The number of hydrogen-bond acceptors (Lipinski definition) is 4. The van der Waals surface area contributed by atoms with Gasteiger partial charge in [0.05, 0.1) is 6.34 Å². The fourth-order valence-electron chi connectivity index (χ4n) is 2.00. The maximum atomic E-state index is 11.7. The Hall–Kier alpha value is -3.21. The van der Waals surface area contributed by atoms with Crippen LogP contribution in [0.15, 0.2) is 74.9 Å². The number of anilines is 1. The van der Waals surface area contributed by atoms with E-state index in [0.29, 0.717) is 5.76 Å². The third-order valence-electron chi connectivity index (χ3n) is 3.18. The summed E-state index contributed by atoms with van der Waals surface area (Å²) >= 11 is 0. The van der Waals surface area contributed by atoms with Crippen molar-refractivity contribution in [1.82, 2.24) is 4.98 Å². The Kier molecular flexibility index (Phi) is 4.29. The normalized spacial score (nSPS) is 10.8. The molecule has 0 fully saturated rings. The van der Waals surface area contributed by atoms with Crippen LogP contribution in [0.5, 0.6) is 0 Å². The summed E-state index contributed by atoms with van der Waals surface area (Å²) in [4.78, 5) is 19.5. The molecule has 3 rings (SSSR count). The summed E-state index contributed by atoms with van der Waals surface area (Å²) in [7, 11) is 0. The van der Waals surface area contributed by atoms with Gasteiger partial charge in [-0.25, -0.2) is 0 Å². The maximum Gasteiger partial charge on any atom is 0.326 e. The quantitative estimate of drug-likeness (QED) is 0.588. The van der Waals surface area contributed by atoms with Crippen molar-refractivity contribution in [3.05, 3.63) is 76.6 Å². The van der Waals surface area contributed by atoms with Crippen molar-refractivity contribution in [2.45, 2.75) is 6.92 Å². The third kappa shape index (κ3) is 3.91. The number of nitrogens with one attached hydrogen (secondary N) is 1. The van der Waals surface area contributed by atoms with Crippen molar-refractivity contribution in [2.24, 2.45) is 4.99 Å². The molecular weight excluding hydrogens is 290 g/mol. The molecule has 1 N–H and O–H groups in total. The molecular formula is C18H15N3O2. The molecule has 0 saturated carbocycles. The van der Waals surface area contributed by atoms with E-state index in [0.717, 1.165) is 11.3 Å². The molecule has 5 heteroatoms. The van der Waals surface area contributed by atoms with Crippen LogP contribution in [-0.4, -0.2) is 11.3 Å². The van der Waals surface area contributed by atoms with Gasteiger partial charge in [-0.1, -0.05) is 48.0 Å². The summed E-state index contributed by atoms with van der Waals surface area (Å²) in [6.07, 6.45) is 1.45. The second kappa shape index (κ2) is 6.70. The van der Waals surface area contributed by atoms with Gasteiger partial charge in [-0.3, -0.25) is 4.79 Å². The molecule has 5 nitrogen and oxygen atoms in total. The highest BCUT2D eigenvalue weighted by atomic mass is 16.4. The van der Waals surface area contributed by atoms with Crippen LogP contribution in [0.2, 0.25) is 0 Å². The third-order valence-corrected chi connectivity index (χ3v) is 3.18. The van der Waals surface area contributed by atoms with Crippen molar-refractivity contribution in [1.29, 1.82) is 0 Å².